The predicted molar refractivity (Wildman–Crippen MR) is 105 cm³/mol. The van der Waals surface area contributed by atoms with E-state index in [0.29, 0.717) is 17.1 Å². The molecule has 0 radical (unpaired) electrons. The smallest absolute Gasteiger partial charge is 0.251 e. The number of hydrogen-bond donors (Lipinski definition) is 1. The quantitative estimate of drug-likeness (QED) is 0.845. The molecule has 1 fully saturated rings. The maximum Gasteiger partial charge on any atom is 0.251 e. The van der Waals surface area contributed by atoms with Crippen molar-refractivity contribution in [3.8, 4) is 5.75 Å². The van der Waals surface area contributed by atoms with E-state index in [-0.39, 0.29) is 5.91 Å². The Bertz CT molecular complexity index is 711. The minimum atomic E-state index is -0.0569. The predicted octanol–water partition coefficient (Wildman–Crippen LogP) is 2.90. The van der Waals surface area contributed by atoms with Crippen LogP contribution in [0.5, 0.6) is 5.75 Å². The summed E-state index contributed by atoms with van der Waals surface area (Å²) in [5, 5.41) is 3.61. The fourth-order valence-corrected chi connectivity index (χ4v) is 3.18. The van der Waals surface area contributed by atoms with Gasteiger partial charge >= 0.3 is 0 Å². The van der Waals surface area contributed by atoms with Crippen molar-refractivity contribution in [3.05, 3.63) is 59.1 Å². The van der Waals surface area contributed by atoms with Gasteiger partial charge in [-0.25, -0.2) is 0 Å². The first-order valence-electron chi connectivity index (χ1n) is 8.81. The number of benzene rings is 2. The molecule has 5 nitrogen and oxygen atoms in total. The highest BCUT2D eigenvalue weighted by Gasteiger charge is 2.17. The second-order valence-corrected chi connectivity index (χ2v) is 6.73. The van der Waals surface area contributed by atoms with Gasteiger partial charge in [-0.2, -0.15) is 0 Å². The first kappa shape index (κ1) is 18.5. The molecule has 1 saturated heterocycles. The number of piperazine rings is 1. The first-order valence-corrected chi connectivity index (χ1v) is 9.18. The highest BCUT2D eigenvalue weighted by Crippen LogP contribution is 2.20. The Labute approximate surface area is 159 Å². The average molecular weight is 374 g/mol. The number of hydrogen-bond acceptors (Lipinski definition) is 4. The number of carbonyl (C=O) groups is 1. The lowest BCUT2D eigenvalue weighted by Crippen LogP contribution is -2.48. The summed E-state index contributed by atoms with van der Waals surface area (Å²) in [5.74, 6) is 0.822. The summed E-state index contributed by atoms with van der Waals surface area (Å²) in [4.78, 5) is 16.9. The molecule has 1 heterocycles. The fourth-order valence-electron chi connectivity index (χ4n) is 3.05. The van der Waals surface area contributed by atoms with Gasteiger partial charge in [0.05, 0.1) is 7.11 Å². The monoisotopic (exact) mass is 373 g/mol. The van der Waals surface area contributed by atoms with Gasteiger partial charge in [0.2, 0.25) is 0 Å². The summed E-state index contributed by atoms with van der Waals surface area (Å²) in [5.41, 5.74) is 1.86. The van der Waals surface area contributed by atoms with Gasteiger partial charge in [-0.3, -0.25) is 9.69 Å². The van der Waals surface area contributed by atoms with E-state index in [2.05, 4.69) is 27.2 Å². The average Bonchev–Trinajstić information content (AvgIpc) is 2.69. The molecular formula is C20H24ClN3O2. The third-order valence-corrected chi connectivity index (χ3v) is 4.88. The van der Waals surface area contributed by atoms with E-state index in [4.69, 9.17) is 16.3 Å². The molecule has 1 amide bonds. The molecule has 1 aliphatic heterocycles. The third-order valence-electron chi connectivity index (χ3n) is 4.63. The van der Waals surface area contributed by atoms with Crippen molar-refractivity contribution in [2.45, 2.75) is 0 Å². The highest BCUT2D eigenvalue weighted by atomic mass is 35.5. The van der Waals surface area contributed by atoms with Crippen molar-refractivity contribution in [1.82, 2.24) is 10.2 Å². The number of amides is 1. The molecular weight excluding hydrogens is 350 g/mol. The zero-order valence-corrected chi connectivity index (χ0v) is 15.7. The maximum absolute atomic E-state index is 12.1. The Hall–Kier alpha value is -2.24. The van der Waals surface area contributed by atoms with E-state index in [1.54, 1.807) is 31.4 Å². The number of halogens is 1. The summed E-state index contributed by atoms with van der Waals surface area (Å²) >= 11 is 5.84. The number of carbonyl (C=O) groups excluding carboxylic acids is 1. The van der Waals surface area contributed by atoms with E-state index < -0.39 is 0 Å². The molecule has 0 bridgehead atoms. The van der Waals surface area contributed by atoms with Crippen LogP contribution in [0.4, 0.5) is 5.69 Å². The maximum atomic E-state index is 12.1. The summed E-state index contributed by atoms with van der Waals surface area (Å²) in [7, 11) is 1.68. The van der Waals surface area contributed by atoms with Gasteiger partial charge < -0.3 is 15.0 Å². The first-order chi connectivity index (χ1) is 12.7. The Morgan fingerprint density at radius 2 is 1.69 bits per heavy atom. The molecule has 0 atom stereocenters. The molecule has 2 aromatic rings. The molecule has 0 aromatic heterocycles. The van der Waals surface area contributed by atoms with Crippen LogP contribution in [-0.4, -0.2) is 57.2 Å². The molecule has 3 rings (SSSR count). The number of methoxy groups -OCH3 is 1. The Morgan fingerprint density at radius 1 is 1.04 bits per heavy atom. The van der Waals surface area contributed by atoms with E-state index in [9.17, 15) is 4.79 Å². The number of rotatable bonds is 6. The molecule has 0 saturated carbocycles. The van der Waals surface area contributed by atoms with Crippen LogP contribution in [-0.2, 0) is 0 Å². The standard InChI is InChI=1S/C20H24ClN3O2/c1-26-19-8-6-18(7-9-19)24-14-12-23(13-15-24)11-10-22-20(25)16-2-4-17(21)5-3-16/h2-9H,10-15H2,1H3,(H,22,25). The lowest BCUT2D eigenvalue weighted by Gasteiger charge is -2.36. The largest absolute Gasteiger partial charge is 0.497 e. The molecule has 1 N–H and O–H groups in total. The number of nitrogens with one attached hydrogen (secondary N) is 1. The minimum absolute atomic E-state index is 0.0569. The van der Waals surface area contributed by atoms with Crippen molar-refractivity contribution in [2.75, 3.05) is 51.3 Å². The van der Waals surface area contributed by atoms with Crippen LogP contribution >= 0.6 is 11.6 Å². The summed E-state index contributed by atoms with van der Waals surface area (Å²) in [6, 6.07) is 15.1. The van der Waals surface area contributed by atoms with E-state index >= 15 is 0 Å². The van der Waals surface area contributed by atoms with Crippen LogP contribution < -0.4 is 15.0 Å². The van der Waals surface area contributed by atoms with Crippen molar-refractivity contribution >= 4 is 23.2 Å². The van der Waals surface area contributed by atoms with Crippen molar-refractivity contribution in [3.63, 3.8) is 0 Å². The van der Waals surface area contributed by atoms with Crippen LogP contribution in [0.1, 0.15) is 10.4 Å². The number of nitrogens with zero attached hydrogens (tertiary/aromatic N) is 2. The lowest BCUT2D eigenvalue weighted by molar-refractivity contribution is 0.0948. The van der Waals surface area contributed by atoms with Gasteiger partial charge in [0.15, 0.2) is 0 Å². The van der Waals surface area contributed by atoms with Gasteiger partial charge in [-0.05, 0) is 48.5 Å². The van der Waals surface area contributed by atoms with Crippen LogP contribution in [0.3, 0.4) is 0 Å². The molecule has 2 aromatic carbocycles. The van der Waals surface area contributed by atoms with Crippen molar-refractivity contribution < 1.29 is 9.53 Å². The van der Waals surface area contributed by atoms with Crippen LogP contribution in [0.25, 0.3) is 0 Å². The van der Waals surface area contributed by atoms with E-state index in [1.165, 1.54) is 5.69 Å². The summed E-state index contributed by atoms with van der Waals surface area (Å²) < 4.78 is 5.21. The van der Waals surface area contributed by atoms with Gasteiger partial charge in [0.25, 0.3) is 5.91 Å². The van der Waals surface area contributed by atoms with Gasteiger partial charge in [-0.15, -0.1) is 0 Å². The molecule has 1 aliphatic rings. The number of anilines is 1. The van der Waals surface area contributed by atoms with Gasteiger partial charge in [0, 0.05) is 55.5 Å². The Kier molecular flexibility index (Phi) is 6.36. The molecule has 138 valence electrons. The van der Waals surface area contributed by atoms with Crippen molar-refractivity contribution in [1.29, 1.82) is 0 Å². The zero-order chi connectivity index (χ0) is 18.4. The second-order valence-electron chi connectivity index (χ2n) is 6.29. The minimum Gasteiger partial charge on any atom is -0.497 e. The highest BCUT2D eigenvalue weighted by molar-refractivity contribution is 6.30. The number of ether oxygens (including phenoxy) is 1. The van der Waals surface area contributed by atoms with Gasteiger partial charge in [0.1, 0.15) is 5.75 Å². The zero-order valence-electron chi connectivity index (χ0n) is 15.0. The van der Waals surface area contributed by atoms with Gasteiger partial charge in [-0.1, -0.05) is 11.6 Å². The summed E-state index contributed by atoms with van der Waals surface area (Å²) in [6.07, 6.45) is 0. The molecule has 0 spiro atoms. The molecule has 0 aliphatic carbocycles. The SMILES string of the molecule is COc1ccc(N2CCN(CCNC(=O)c3ccc(Cl)cc3)CC2)cc1. The molecule has 26 heavy (non-hydrogen) atoms. The lowest BCUT2D eigenvalue weighted by atomic mass is 10.2. The Balaban J connectivity index is 1.39. The fraction of sp³-hybridized carbons (Fsp3) is 0.350. The van der Waals surface area contributed by atoms with E-state index in [0.717, 1.165) is 38.5 Å². The molecule has 6 heteroatoms. The van der Waals surface area contributed by atoms with Crippen molar-refractivity contribution in [2.24, 2.45) is 0 Å². The van der Waals surface area contributed by atoms with E-state index in [1.807, 2.05) is 12.1 Å². The summed E-state index contributed by atoms with van der Waals surface area (Å²) in [6.45, 7) is 5.44. The molecule has 0 unspecified atom stereocenters. The van der Waals surface area contributed by atoms with Crippen LogP contribution in [0, 0.1) is 0 Å². The third kappa shape index (κ3) is 4.90. The second kappa shape index (κ2) is 8.92. The Morgan fingerprint density at radius 3 is 2.31 bits per heavy atom. The normalized spacial score (nSPS) is 14.9. The van der Waals surface area contributed by atoms with Crippen LogP contribution in [0.15, 0.2) is 48.5 Å². The van der Waals surface area contributed by atoms with Crippen LogP contribution in [0.2, 0.25) is 5.02 Å². The topological polar surface area (TPSA) is 44.8 Å².